The summed E-state index contributed by atoms with van der Waals surface area (Å²) >= 11 is 0. The van der Waals surface area contributed by atoms with E-state index in [0.29, 0.717) is 11.1 Å². The second-order valence-electron chi connectivity index (χ2n) is 12.3. The number of hydrogen-bond donors (Lipinski definition) is 0. The number of para-hydroxylation sites is 1. The van der Waals surface area contributed by atoms with Crippen LogP contribution in [0.4, 0.5) is 0 Å². The van der Waals surface area contributed by atoms with Gasteiger partial charge in [-0.15, -0.1) is 0 Å². The van der Waals surface area contributed by atoms with E-state index in [0.717, 1.165) is 39.0 Å². The number of aromatic nitrogens is 3. The zero-order valence-electron chi connectivity index (χ0n) is 24.7. The van der Waals surface area contributed by atoms with Crippen LogP contribution in [0.1, 0.15) is 36.1 Å². The summed E-state index contributed by atoms with van der Waals surface area (Å²) in [5.41, 5.74) is 10.3. The fourth-order valence-corrected chi connectivity index (χ4v) is 7.62. The van der Waals surface area contributed by atoms with Crippen LogP contribution in [0, 0.1) is 22.7 Å². The summed E-state index contributed by atoms with van der Waals surface area (Å²) in [6.45, 7) is 4.65. The normalized spacial score (nSPS) is 13.2. The highest BCUT2D eigenvalue weighted by Gasteiger charge is 2.38. The number of hydrogen-bond acceptors (Lipinski definition) is 3. The van der Waals surface area contributed by atoms with Crippen molar-refractivity contribution in [3.8, 4) is 34.9 Å². The van der Waals surface area contributed by atoms with Crippen molar-refractivity contribution >= 4 is 43.6 Å². The van der Waals surface area contributed by atoms with E-state index in [-0.39, 0.29) is 5.41 Å². The van der Waals surface area contributed by atoms with Gasteiger partial charge in [0.2, 0.25) is 0 Å². The second kappa shape index (κ2) is 8.92. The third-order valence-electron chi connectivity index (χ3n) is 9.55. The minimum atomic E-state index is -0.196. The molecule has 0 amide bonds. The molecule has 0 saturated heterocycles. The zero-order valence-corrected chi connectivity index (χ0v) is 24.7. The van der Waals surface area contributed by atoms with Crippen LogP contribution >= 0.6 is 0 Å². The molecule has 5 heteroatoms. The summed E-state index contributed by atoms with van der Waals surface area (Å²) in [5.74, 6) is 1.60. The molecular formula is C40H25N5. The molecule has 0 unspecified atom stereocenters. The molecule has 0 spiro atoms. The molecule has 45 heavy (non-hydrogen) atoms. The third kappa shape index (κ3) is 3.33. The van der Waals surface area contributed by atoms with Gasteiger partial charge in [-0.25, -0.2) is 4.98 Å². The van der Waals surface area contributed by atoms with Crippen LogP contribution in [0.5, 0.6) is 0 Å². The van der Waals surface area contributed by atoms with Gasteiger partial charge in [-0.3, -0.25) is 9.13 Å². The van der Waals surface area contributed by atoms with Crippen LogP contribution in [0.3, 0.4) is 0 Å². The summed E-state index contributed by atoms with van der Waals surface area (Å²) in [5, 5.41) is 23.5. The predicted molar refractivity (Wildman–Crippen MR) is 180 cm³/mol. The SMILES string of the molecule is CC1(C)c2ccccc2-c2ccc3c4ccccc4n(-c4cccc(-n5c6ccc(C#N)cc6c6cc(C#N)ccc65)n4)c3c21. The van der Waals surface area contributed by atoms with Crippen molar-refractivity contribution in [1.82, 2.24) is 14.1 Å². The Morgan fingerprint density at radius 2 is 1.18 bits per heavy atom. The van der Waals surface area contributed by atoms with Gasteiger partial charge in [-0.1, -0.05) is 74.5 Å². The molecule has 0 N–H and O–H groups in total. The van der Waals surface area contributed by atoms with Crippen molar-refractivity contribution in [3.63, 3.8) is 0 Å². The molecule has 8 aromatic rings. The van der Waals surface area contributed by atoms with Crippen LogP contribution in [0.25, 0.3) is 66.4 Å². The summed E-state index contributed by atoms with van der Waals surface area (Å²) in [7, 11) is 0. The van der Waals surface area contributed by atoms with E-state index in [4.69, 9.17) is 4.98 Å². The summed E-state index contributed by atoms with van der Waals surface area (Å²) < 4.78 is 4.46. The Labute approximate surface area is 259 Å². The lowest BCUT2D eigenvalue weighted by atomic mass is 9.81. The molecule has 1 aliphatic carbocycles. The molecule has 3 aromatic heterocycles. The Morgan fingerprint density at radius 1 is 0.556 bits per heavy atom. The Kier molecular flexibility index (Phi) is 5.03. The quantitative estimate of drug-likeness (QED) is 0.206. The van der Waals surface area contributed by atoms with Gasteiger partial charge < -0.3 is 0 Å². The molecule has 9 rings (SSSR count). The van der Waals surface area contributed by atoms with E-state index in [1.165, 1.54) is 38.5 Å². The minimum absolute atomic E-state index is 0.196. The maximum atomic E-state index is 9.65. The summed E-state index contributed by atoms with van der Waals surface area (Å²) in [6.07, 6.45) is 0. The largest absolute Gasteiger partial charge is 0.294 e. The first-order chi connectivity index (χ1) is 22.0. The van der Waals surface area contributed by atoms with Gasteiger partial charge in [0.1, 0.15) is 11.6 Å². The van der Waals surface area contributed by atoms with Crippen molar-refractivity contribution in [2.24, 2.45) is 0 Å². The van der Waals surface area contributed by atoms with Gasteiger partial charge in [0.05, 0.1) is 45.3 Å². The first kappa shape index (κ1) is 25.3. The molecule has 0 saturated carbocycles. The lowest BCUT2D eigenvalue weighted by Crippen LogP contribution is -2.16. The van der Waals surface area contributed by atoms with E-state index in [2.05, 4.69) is 108 Å². The molecular weight excluding hydrogens is 550 g/mol. The topological polar surface area (TPSA) is 70.3 Å². The fourth-order valence-electron chi connectivity index (χ4n) is 7.62. The molecule has 1 aliphatic rings. The highest BCUT2D eigenvalue weighted by molar-refractivity contribution is 6.13. The molecule has 5 aromatic carbocycles. The Hall–Kier alpha value is -6.17. The van der Waals surface area contributed by atoms with Gasteiger partial charge in [0.15, 0.2) is 0 Å². The maximum absolute atomic E-state index is 9.65. The molecule has 0 atom stereocenters. The fraction of sp³-hybridized carbons (Fsp3) is 0.0750. The molecule has 0 bridgehead atoms. The van der Waals surface area contributed by atoms with Crippen LogP contribution in [0.2, 0.25) is 0 Å². The van der Waals surface area contributed by atoms with E-state index < -0.39 is 0 Å². The Morgan fingerprint density at radius 3 is 1.89 bits per heavy atom. The van der Waals surface area contributed by atoms with Gasteiger partial charge in [-0.05, 0) is 76.9 Å². The predicted octanol–water partition coefficient (Wildman–Crippen LogP) is 9.33. The number of nitriles is 2. The maximum Gasteiger partial charge on any atom is 0.140 e. The van der Waals surface area contributed by atoms with E-state index >= 15 is 0 Å². The number of benzene rings is 5. The number of rotatable bonds is 2. The van der Waals surface area contributed by atoms with Crippen molar-refractivity contribution in [2.75, 3.05) is 0 Å². The van der Waals surface area contributed by atoms with E-state index in [1.54, 1.807) is 0 Å². The van der Waals surface area contributed by atoms with Crippen LogP contribution in [-0.4, -0.2) is 14.1 Å². The van der Waals surface area contributed by atoms with Crippen LogP contribution in [0.15, 0.2) is 115 Å². The molecule has 3 heterocycles. The first-order valence-electron chi connectivity index (χ1n) is 15.0. The lowest BCUT2D eigenvalue weighted by Gasteiger charge is -2.23. The smallest absolute Gasteiger partial charge is 0.140 e. The van der Waals surface area contributed by atoms with E-state index in [1.807, 2.05) is 42.5 Å². The highest BCUT2D eigenvalue weighted by atomic mass is 15.1. The molecule has 0 fully saturated rings. The average Bonchev–Trinajstić information content (AvgIpc) is 3.67. The first-order valence-corrected chi connectivity index (χ1v) is 15.0. The Bertz CT molecular complexity index is 2580. The minimum Gasteiger partial charge on any atom is -0.294 e. The summed E-state index contributed by atoms with van der Waals surface area (Å²) in [4.78, 5) is 5.36. The molecule has 0 aliphatic heterocycles. The second-order valence-corrected chi connectivity index (χ2v) is 12.3. The Balaban J connectivity index is 1.37. The molecule has 5 nitrogen and oxygen atoms in total. The average molecular weight is 576 g/mol. The van der Waals surface area contributed by atoms with E-state index in [9.17, 15) is 10.5 Å². The summed E-state index contributed by atoms with van der Waals surface area (Å²) in [6, 6.07) is 44.0. The van der Waals surface area contributed by atoms with Crippen molar-refractivity contribution in [1.29, 1.82) is 10.5 Å². The van der Waals surface area contributed by atoms with Gasteiger partial charge in [0, 0.05) is 27.0 Å². The molecule has 0 radical (unpaired) electrons. The molecule has 210 valence electrons. The van der Waals surface area contributed by atoms with Gasteiger partial charge in [0.25, 0.3) is 0 Å². The van der Waals surface area contributed by atoms with Crippen molar-refractivity contribution < 1.29 is 0 Å². The standard InChI is InChI=1S/C40H25N5/c1-40(2)32-10-5-3-8-26(32)28-16-17-29-27-9-4-6-11-33(27)45(39(29)38(28)40)37-13-7-12-36(43-37)44-34-18-14-24(22-41)20-30(34)31-21-25(23-42)15-19-35(31)44/h3-21H,1-2H3. The van der Waals surface area contributed by atoms with Crippen molar-refractivity contribution in [2.45, 2.75) is 19.3 Å². The number of fused-ring (bicyclic) bond motifs is 10. The number of pyridine rings is 1. The van der Waals surface area contributed by atoms with Crippen LogP contribution < -0.4 is 0 Å². The van der Waals surface area contributed by atoms with Crippen LogP contribution in [-0.2, 0) is 5.41 Å². The lowest BCUT2D eigenvalue weighted by molar-refractivity contribution is 0.663. The van der Waals surface area contributed by atoms with Gasteiger partial charge in [-0.2, -0.15) is 10.5 Å². The van der Waals surface area contributed by atoms with Gasteiger partial charge >= 0.3 is 0 Å². The third-order valence-corrected chi connectivity index (χ3v) is 9.55. The highest BCUT2D eigenvalue weighted by Crippen LogP contribution is 2.52. The number of nitrogens with zero attached hydrogens (tertiary/aromatic N) is 5. The monoisotopic (exact) mass is 575 g/mol. The zero-order chi connectivity index (χ0) is 30.4. The van der Waals surface area contributed by atoms with Crippen molar-refractivity contribution in [3.05, 3.63) is 138 Å².